The Bertz CT molecular complexity index is 71.4. The van der Waals surface area contributed by atoms with Crippen LogP contribution in [0.25, 0.3) is 0 Å². The van der Waals surface area contributed by atoms with Crippen molar-refractivity contribution in [1.82, 2.24) is 15.1 Å². The zero-order chi connectivity index (χ0) is 8.69. The van der Waals surface area contributed by atoms with Crippen LogP contribution < -0.4 is 5.32 Å². The molecular weight excluding hydrogens is 138 g/mol. The average Bonchev–Trinajstić information content (AvgIpc) is 1.85. The maximum Gasteiger partial charge on any atom is 0.0261 e. The van der Waals surface area contributed by atoms with Gasteiger partial charge in [-0.05, 0) is 28.2 Å². The van der Waals surface area contributed by atoms with Crippen LogP contribution in [0.2, 0.25) is 0 Å². The van der Waals surface area contributed by atoms with E-state index in [1.54, 1.807) is 0 Å². The predicted octanol–water partition coefficient (Wildman–Crippen LogP) is -0.286. The molecule has 3 heteroatoms. The molecule has 0 unspecified atom stereocenters. The van der Waals surface area contributed by atoms with Gasteiger partial charge < -0.3 is 9.80 Å². The summed E-state index contributed by atoms with van der Waals surface area (Å²) in [6.07, 6.45) is 0. The van der Waals surface area contributed by atoms with E-state index in [2.05, 4.69) is 43.3 Å². The average molecular weight is 158 g/mol. The SMILES string of the molecule is CN(C)CC[N]CCN(C)C. The maximum absolute atomic E-state index is 4.37. The van der Waals surface area contributed by atoms with Gasteiger partial charge >= 0.3 is 0 Å². The smallest absolute Gasteiger partial charge is 0.0261 e. The Labute approximate surface area is 70.4 Å². The van der Waals surface area contributed by atoms with E-state index in [9.17, 15) is 0 Å². The van der Waals surface area contributed by atoms with Gasteiger partial charge in [-0.25, -0.2) is 5.32 Å². The van der Waals surface area contributed by atoms with Crippen molar-refractivity contribution in [3.8, 4) is 0 Å². The number of hydrogen-bond acceptors (Lipinski definition) is 2. The van der Waals surface area contributed by atoms with Crippen molar-refractivity contribution in [1.29, 1.82) is 0 Å². The first-order valence-electron chi connectivity index (χ1n) is 4.05. The first-order valence-corrected chi connectivity index (χ1v) is 4.05. The molecule has 0 N–H and O–H groups in total. The van der Waals surface area contributed by atoms with Crippen molar-refractivity contribution in [3.05, 3.63) is 0 Å². The van der Waals surface area contributed by atoms with Crippen molar-refractivity contribution < 1.29 is 0 Å². The molecule has 11 heavy (non-hydrogen) atoms. The highest BCUT2D eigenvalue weighted by atomic mass is 15.1. The summed E-state index contributed by atoms with van der Waals surface area (Å²) >= 11 is 0. The van der Waals surface area contributed by atoms with E-state index in [1.807, 2.05) is 0 Å². The van der Waals surface area contributed by atoms with Crippen molar-refractivity contribution in [3.63, 3.8) is 0 Å². The zero-order valence-corrected chi connectivity index (χ0v) is 8.17. The standard InChI is InChI=1S/C8H20N3/c1-10(2)7-5-9-6-8-11(3)4/h5-8H2,1-4H3. The van der Waals surface area contributed by atoms with Crippen LogP contribution in [-0.4, -0.2) is 64.2 Å². The summed E-state index contributed by atoms with van der Waals surface area (Å²) in [7, 11) is 8.28. The third-order valence-electron chi connectivity index (χ3n) is 1.41. The highest BCUT2D eigenvalue weighted by Gasteiger charge is 1.92. The van der Waals surface area contributed by atoms with E-state index in [0.717, 1.165) is 26.2 Å². The van der Waals surface area contributed by atoms with Gasteiger partial charge in [0.1, 0.15) is 0 Å². The second kappa shape index (κ2) is 6.58. The van der Waals surface area contributed by atoms with Gasteiger partial charge in [-0.2, -0.15) is 0 Å². The van der Waals surface area contributed by atoms with Crippen molar-refractivity contribution in [2.24, 2.45) is 0 Å². The van der Waals surface area contributed by atoms with E-state index in [0.29, 0.717) is 0 Å². The quantitative estimate of drug-likeness (QED) is 0.495. The molecule has 0 saturated heterocycles. The van der Waals surface area contributed by atoms with Gasteiger partial charge in [0.15, 0.2) is 0 Å². The topological polar surface area (TPSA) is 20.6 Å². The Kier molecular flexibility index (Phi) is 6.51. The van der Waals surface area contributed by atoms with Crippen LogP contribution in [0.15, 0.2) is 0 Å². The van der Waals surface area contributed by atoms with Gasteiger partial charge in [-0.3, -0.25) is 0 Å². The summed E-state index contributed by atoms with van der Waals surface area (Å²) in [6.45, 7) is 4.04. The van der Waals surface area contributed by atoms with Crippen LogP contribution in [0.1, 0.15) is 0 Å². The summed E-state index contributed by atoms with van der Waals surface area (Å²) in [4.78, 5) is 4.30. The molecule has 3 nitrogen and oxygen atoms in total. The molecule has 0 rings (SSSR count). The molecule has 0 spiro atoms. The number of rotatable bonds is 6. The van der Waals surface area contributed by atoms with Crippen LogP contribution in [-0.2, 0) is 0 Å². The molecule has 0 bridgehead atoms. The van der Waals surface area contributed by atoms with Crippen molar-refractivity contribution in [2.45, 2.75) is 0 Å². The normalized spacial score (nSPS) is 11.5. The molecule has 0 amide bonds. The lowest BCUT2D eigenvalue weighted by Crippen LogP contribution is -2.27. The molecular formula is C8H20N3. The van der Waals surface area contributed by atoms with Crippen molar-refractivity contribution >= 4 is 0 Å². The second-order valence-corrected chi connectivity index (χ2v) is 3.28. The molecule has 0 saturated carbocycles. The minimum atomic E-state index is 0.959. The lowest BCUT2D eigenvalue weighted by molar-refractivity contribution is 0.370. The van der Waals surface area contributed by atoms with E-state index < -0.39 is 0 Å². The molecule has 0 aromatic carbocycles. The molecule has 0 aromatic heterocycles. The van der Waals surface area contributed by atoms with E-state index >= 15 is 0 Å². The van der Waals surface area contributed by atoms with Crippen LogP contribution in [0, 0.1) is 0 Å². The Morgan fingerprint density at radius 2 is 1.18 bits per heavy atom. The number of likely N-dealkylation sites (N-methyl/N-ethyl adjacent to an activating group) is 2. The highest BCUT2D eigenvalue weighted by Crippen LogP contribution is 1.74. The van der Waals surface area contributed by atoms with Gasteiger partial charge in [-0.1, -0.05) is 0 Å². The largest absolute Gasteiger partial charge is 0.308 e. The highest BCUT2D eigenvalue weighted by molar-refractivity contribution is 4.51. The van der Waals surface area contributed by atoms with Crippen molar-refractivity contribution in [2.75, 3.05) is 54.4 Å². The second-order valence-electron chi connectivity index (χ2n) is 3.28. The predicted molar refractivity (Wildman–Crippen MR) is 49.0 cm³/mol. The lowest BCUT2D eigenvalue weighted by atomic mass is 10.5. The van der Waals surface area contributed by atoms with Gasteiger partial charge in [-0.15, -0.1) is 0 Å². The molecule has 0 atom stereocenters. The lowest BCUT2D eigenvalue weighted by Gasteiger charge is -2.11. The fourth-order valence-corrected chi connectivity index (χ4v) is 0.653. The van der Waals surface area contributed by atoms with Crippen LogP contribution >= 0.6 is 0 Å². The van der Waals surface area contributed by atoms with Crippen LogP contribution in [0.3, 0.4) is 0 Å². The van der Waals surface area contributed by atoms with Gasteiger partial charge in [0, 0.05) is 26.2 Å². The van der Waals surface area contributed by atoms with Gasteiger partial charge in [0.05, 0.1) is 0 Å². The Balaban J connectivity index is 2.91. The fourth-order valence-electron chi connectivity index (χ4n) is 0.653. The third-order valence-corrected chi connectivity index (χ3v) is 1.41. The minimum absolute atomic E-state index is 0.959. The first kappa shape index (κ1) is 10.9. The molecule has 0 fully saturated rings. The Hall–Kier alpha value is -0.120. The maximum atomic E-state index is 4.37. The Morgan fingerprint density at radius 3 is 1.45 bits per heavy atom. The molecule has 0 heterocycles. The molecule has 0 aromatic rings. The molecule has 1 radical (unpaired) electrons. The fraction of sp³-hybridized carbons (Fsp3) is 1.00. The molecule has 0 aliphatic carbocycles. The zero-order valence-electron chi connectivity index (χ0n) is 8.17. The molecule has 0 aliphatic heterocycles. The summed E-state index contributed by atoms with van der Waals surface area (Å²) in [5, 5.41) is 4.37. The summed E-state index contributed by atoms with van der Waals surface area (Å²) in [5.74, 6) is 0. The van der Waals surface area contributed by atoms with Gasteiger partial charge in [0.25, 0.3) is 0 Å². The summed E-state index contributed by atoms with van der Waals surface area (Å²) < 4.78 is 0. The molecule has 67 valence electrons. The van der Waals surface area contributed by atoms with E-state index in [1.165, 1.54) is 0 Å². The number of nitrogens with zero attached hydrogens (tertiary/aromatic N) is 3. The van der Waals surface area contributed by atoms with Crippen LogP contribution in [0.4, 0.5) is 0 Å². The first-order chi connectivity index (χ1) is 5.13. The minimum Gasteiger partial charge on any atom is -0.308 e. The Morgan fingerprint density at radius 1 is 0.818 bits per heavy atom. The summed E-state index contributed by atoms with van der Waals surface area (Å²) in [5.41, 5.74) is 0. The third kappa shape index (κ3) is 9.88. The monoisotopic (exact) mass is 158 g/mol. The molecule has 0 aliphatic rings. The van der Waals surface area contributed by atoms with E-state index in [4.69, 9.17) is 0 Å². The van der Waals surface area contributed by atoms with Gasteiger partial charge in [0.2, 0.25) is 0 Å². The number of hydrogen-bond donors (Lipinski definition) is 0. The van der Waals surface area contributed by atoms with Crippen LogP contribution in [0.5, 0.6) is 0 Å². The summed E-state index contributed by atoms with van der Waals surface area (Å²) in [6, 6.07) is 0. The van der Waals surface area contributed by atoms with E-state index in [-0.39, 0.29) is 0 Å².